The Morgan fingerprint density at radius 2 is 1.86 bits per heavy atom. The minimum Gasteiger partial charge on any atom is -0.379 e. The molecule has 36 heavy (non-hydrogen) atoms. The Labute approximate surface area is 221 Å². The predicted octanol–water partition coefficient (Wildman–Crippen LogP) is 4.48. The quantitative estimate of drug-likeness (QED) is 0.343. The Morgan fingerprint density at radius 3 is 2.58 bits per heavy atom. The van der Waals surface area contributed by atoms with Crippen molar-refractivity contribution in [3.8, 4) is 0 Å². The first kappa shape index (κ1) is 28.5. The Kier molecular flexibility index (Phi) is 10.2. The molecule has 2 aromatic carbocycles. The number of ether oxygens (including phenoxy) is 1. The van der Waals surface area contributed by atoms with Crippen molar-refractivity contribution in [3.05, 3.63) is 53.8 Å². The molecule has 3 aromatic rings. The second-order valence-corrected chi connectivity index (χ2v) is 11.8. The van der Waals surface area contributed by atoms with Crippen molar-refractivity contribution in [3.63, 3.8) is 0 Å². The number of amides is 1. The fourth-order valence-corrected chi connectivity index (χ4v) is 6.47. The van der Waals surface area contributed by atoms with E-state index in [-0.39, 0.29) is 41.8 Å². The van der Waals surface area contributed by atoms with Gasteiger partial charge in [0.15, 0.2) is 15.0 Å². The van der Waals surface area contributed by atoms with Crippen LogP contribution in [-0.2, 0) is 19.4 Å². The van der Waals surface area contributed by atoms with Gasteiger partial charge in [-0.2, -0.15) is 0 Å². The first-order valence-corrected chi connectivity index (χ1v) is 14.2. The van der Waals surface area contributed by atoms with Crippen LogP contribution in [0.1, 0.15) is 24.8 Å². The maximum Gasteiger partial charge on any atom is 0.228 e. The van der Waals surface area contributed by atoms with Crippen LogP contribution in [-0.4, -0.2) is 69.4 Å². The maximum atomic E-state index is 13.3. The van der Waals surface area contributed by atoms with Gasteiger partial charge in [-0.25, -0.2) is 17.8 Å². The molecule has 196 valence electrons. The number of rotatable bonds is 10. The Hall–Kier alpha value is -2.11. The van der Waals surface area contributed by atoms with Gasteiger partial charge in [0.05, 0.1) is 34.1 Å². The van der Waals surface area contributed by atoms with E-state index in [0.717, 1.165) is 67.2 Å². The largest absolute Gasteiger partial charge is 0.379 e. The van der Waals surface area contributed by atoms with Crippen LogP contribution >= 0.6 is 23.7 Å². The number of nitrogens with zero attached hydrogens (tertiary/aromatic N) is 3. The number of thiazole rings is 1. The van der Waals surface area contributed by atoms with Crippen LogP contribution in [0.2, 0.25) is 0 Å². The fraction of sp³-hybridized carbons (Fsp3) is 0.440. The van der Waals surface area contributed by atoms with Gasteiger partial charge >= 0.3 is 0 Å². The summed E-state index contributed by atoms with van der Waals surface area (Å²) in [6, 6.07) is 10.8. The van der Waals surface area contributed by atoms with E-state index in [1.807, 2.05) is 19.1 Å². The van der Waals surface area contributed by atoms with Gasteiger partial charge in [0.25, 0.3) is 0 Å². The molecule has 1 fully saturated rings. The van der Waals surface area contributed by atoms with Crippen LogP contribution in [0.4, 0.5) is 9.52 Å². The van der Waals surface area contributed by atoms with Gasteiger partial charge in [-0.15, -0.1) is 12.4 Å². The highest BCUT2D eigenvalue weighted by Crippen LogP contribution is 2.30. The van der Waals surface area contributed by atoms with Gasteiger partial charge in [0.1, 0.15) is 5.82 Å². The summed E-state index contributed by atoms with van der Waals surface area (Å²) < 4.78 is 44.7. The molecule has 11 heteroatoms. The number of hydrogen-bond acceptors (Lipinski definition) is 7. The van der Waals surface area contributed by atoms with Crippen molar-refractivity contribution in [1.82, 2.24) is 9.88 Å². The zero-order valence-corrected chi connectivity index (χ0v) is 22.6. The van der Waals surface area contributed by atoms with E-state index in [4.69, 9.17) is 4.74 Å². The molecule has 0 N–H and O–H groups in total. The number of hydrogen-bond donors (Lipinski definition) is 0. The molecule has 1 aromatic heterocycles. The van der Waals surface area contributed by atoms with Crippen molar-refractivity contribution in [2.45, 2.75) is 31.1 Å². The third kappa shape index (κ3) is 7.45. The van der Waals surface area contributed by atoms with Crippen molar-refractivity contribution >= 4 is 54.8 Å². The molecule has 0 unspecified atom stereocenters. The van der Waals surface area contributed by atoms with Crippen LogP contribution in [0, 0.1) is 12.7 Å². The second kappa shape index (κ2) is 12.9. The van der Waals surface area contributed by atoms with Crippen molar-refractivity contribution in [2.24, 2.45) is 0 Å². The van der Waals surface area contributed by atoms with E-state index in [1.54, 1.807) is 4.90 Å². The van der Waals surface area contributed by atoms with Crippen molar-refractivity contribution in [2.75, 3.05) is 50.0 Å². The average Bonchev–Trinajstić information content (AvgIpc) is 3.25. The normalized spacial score (nSPS) is 14.5. The summed E-state index contributed by atoms with van der Waals surface area (Å²) in [5, 5.41) is 0.638. The highest BCUT2D eigenvalue weighted by Gasteiger charge is 2.22. The summed E-state index contributed by atoms with van der Waals surface area (Å²) in [5.74, 6) is -0.805. The fourth-order valence-electron chi connectivity index (χ4n) is 4.05. The minimum absolute atomic E-state index is 0. The molecule has 2 heterocycles. The van der Waals surface area contributed by atoms with E-state index in [2.05, 4.69) is 16.0 Å². The highest BCUT2D eigenvalue weighted by atomic mass is 35.5. The molecule has 1 aliphatic rings. The molecule has 7 nitrogen and oxygen atoms in total. The van der Waals surface area contributed by atoms with Gasteiger partial charge in [0.2, 0.25) is 5.91 Å². The van der Waals surface area contributed by atoms with Gasteiger partial charge in [-0.1, -0.05) is 17.4 Å². The zero-order chi connectivity index (χ0) is 24.8. The smallest absolute Gasteiger partial charge is 0.228 e. The minimum atomic E-state index is -3.59. The van der Waals surface area contributed by atoms with Crippen LogP contribution in [0.15, 0.2) is 47.4 Å². The van der Waals surface area contributed by atoms with E-state index in [0.29, 0.717) is 11.7 Å². The molecule has 1 aliphatic heterocycles. The van der Waals surface area contributed by atoms with Gasteiger partial charge in [-0.05, 0) is 61.7 Å². The van der Waals surface area contributed by atoms with E-state index < -0.39 is 15.7 Å². The SMILES string of the molecule is Cc1ccc2nc(N(CCCN3CCOCC3)C(=O)CCCS(=O)(=O)c3ccc(F)cc3)sc2c1.Cl. The lowest BCUT2D eigenvalue weighted by Gasteiger charge is -2.27. The molecule has 0 spiro atoms. The number of aromatic nitrogens is 1. The van der Waals surface area contributed by atoms with E-state index in [1.165, 1.54) is 23.5 Å². The Morgan fingerprint density at radius 1 is 1.14 bits per heavy atom. The number of carbonyl (C=O) groups excluding carboxylic acids is 1. The molecule has 0 bridgehead atoms. The monoisotopic (exact) mass is 555 g/mol. The number of sulfone groups is 1. The Balaban J connectivity index is 0.00000361. The van der Waals surface area contributed by atoms with Crippen molar-refractivity contribution in [1.29, 1.82) is 0 Å². The van der Waals surface area contributed by atoms with Crippen LogP contribution in [0.25, 0.3) is 10.2 Å². The number of fused-ring (bicyclic) bond motifs is 1. The summed E-state index contributed by atoms with van der Waals surface area (Å²) >= 11 is 1.48. The summed E-state index contributed by atoms with van der Waals surface area (Å²) in [7, 11) is -3.59. The molecule has 0 radical (unpaired) electrons. The number of benzene rings is 2. The lowest BCUT2D eigenvalue weighted by atomic mass is 10.2. The van der Waals surface area contributed by atoms with E-state index in [9.17, 15) is 17.6 Å². The number of aryl methyl sites for hydroxylation is 1. The molecule has 4 rings (SSSR count). The van der Waals surface area contributed by atoms with E-state index >= 15 is 0 Å². The molecule has 0 saturated carbocycles. The molecule has 1 amide bonds. The molecular weight excluding hydrogens is 525 g/mol. The number of carbonyl (C=O) groups is 1. The van der Waals surface area contributed by atoms with Crippen LogP contribution in [0.3, 0.4) is 0 Å². The average molecular weight is 556 g/mol. The first-order chi connectivity index (χ1) is 16.8. The highest BCUT2D eigenvalue weighted by molar-refractivity contribution is 7.91. The second-order valence-electron chi connectivity index (χ2n) is 8.70. The van der Waals surface area contributed by atoms with Gasteiger partial charge in [-0.3, -0.25) is 14.6 Å². The molecule has 1 saturated heterocycles. The molecular formula is C25H31ClFN3O4S2. The number of anilines is 1. The molecule has 0 atom stereocenters. The summed E-state index contributed by atoms with van der Waals surface area (Å²) in [4.78, 5) is 22.0. The lowest BCUT2D eigenvalue weighted by Crippen LogP contribution is -2.39. The standard InChI is InChI=1S/C25H30FN3O4S2.ClH/c1-19-5-10-22-23(18-19)34-25(27-22)29(12-3-11-28-13-15-33-16-14-28)24(30)4-2-17-35(31,32)21-8-6-20(26)7-9-21;/h5-10,18H,2-4,11-17H2,1H3;1H. The van der Waals surface area contributed by atoms with Gasteiger partial charge < -0.3 is 4.74 Å². The maximum absolute atomic E-state index is 13.3. The van der Waals surface area contributed by atoms with Gasteiger partial charge in [0, 0.05) is 32.6 Å². The van der Waals surface area contributed by atoms with Crippen LogP contribution in [0.5, 0.6) is 0 Å². The van der Waals surface area contributed by atoms with Crippen molar-refractivity contribution < 1.29 is 22.3 Å². The zero-order valence-electron chi connectivity index (χ0n) is 20.2. The predicted molar refractivity (Wildman–Crippen MR) is 144 cm³/mol. The molecule has 0 aliphatic carbocycles. The third-order valence-electron chi connectivity index (χ3n) is 6.00. The Bertz CT molecular complexity index is 1260. The summed E-state index contributed by atoms with van der Waals surface area (Å²) in [6.07, 6.45) is 1.06. The lowest BCUT2D eigenvalue weighted by molar-refractivity contribution is -0.118. The number of morpholine rings is 1. The summed E-state index contributed by atoms with van der Waals surface area (Å²) in [6.45, 7) is 6.61. The third-order valence-corrected chi connectivity index (χ3v) is 8.86. The first-order valence-electron chi connectivity index (χ1n) is 11.8. The van der Waals surface area contributed by atoms with Crippen LogP contribution < -0.4 is 4.90 Å². The summed E-state index contributed by atoms with van der Waals surface area (Å²) in [5.41, 5.74) is 1.98. The topological polar surface area (TPSA) is 79.8 Å². The number of halogens is 2.